The van der Waals surface area contributed by atoms with E-state index in [1.807, 2.05) is 0 Å². The van der Waals surface area contributed by atoms with Gasteiger partial charge >= 0.3 is 0 Å². The zero-order chi connectivity index (χ0) is 16.6. The van der Waals surface area contributed by atoms with Crippen LogP contribution in [0.25, 0.3) is 17.4 Å². The molecule has 0 unspecified atom stereocenters. The molecule has 0 saturated carbocycles. The molecule has 116 valence electrons. The highest BCUT2D eigenvalue weighted by molar-refractivity contribution is 9.10. The summed E-state index contributed by atoms with van der Waals surface area (Å²) in [5, 5.41) is 16.3. The SMILES string of the molecule is O=C1NC(=S)N/C1=C/c1ccc(-c2cc([N+](=O)[O-])ccc2Br)o1. The molecule has 0 spiro atoms. The average molecular weight is 394 g/mol. The molecule has 1 aliphatic heterocycles. The molecule has 2 heterocycles. The van der Waals surface area contributed by atoms with Crippen molar-refractivity contribution in [3.63, 3.8) is 0 Å². The lowest BCUT2D eigenvalue weighted by molar-refractivity contribution is -0.384. The fraction of sp³-hybridized carbons (Fsp3) is 0. The van der Waals surface area contributed by atoms with E-state index in [0.29, 0.717) is 21.6 Å². The molecule has 1 amide bonds. The van der Waals surface area contributed by atoms with E-state index in [1.54, 1.807) is 18.2 Å². The Morgan fingerprint density at radius 2 is 2.04 bits per heavy atom. The number of non-ortho nitro benzene ring substituents is 1. The van der Waals surface area contributed by atoms with Gasteiger partial charge in [-0.25, -0.2) is 0 Å². The van der Waals surface area contributed by atoms with Crippen molar-refractivity contribution in [1.82, 2.24) is 10.6 Å². The highest BCUT2D eigenvalue weighted by Gasteiger charge is 2.21. The van der Waals surface area contributed by atoms with Gasteiger partial charge in [0.15, 0.2) is 5.11 Å². The second-order valence-corrected chi connectivity index (χ2v) is 5.85. The molecule has 3 rings (SSSR count). The van der Waals surface area contributed by atoms with E-state index in [0.717, 1.165) is 0 Å². The number of nitro benzene ring substituents is 1. The van der Waals surface area contributed by atoms with Gasteiger partial charge in [-0.1, -0.05) is 15.9 Å². The molecular formula is C14H8BrN3O4S. The Morgan fingerprint density at radius 3 is 2.70 bits per heavy atom. The number of furan rings is 1. The first-order valence-corrected chi connectivity index (χ1v) is 7.52. The fourth-order valence-corrected chi connectivity index (χ4v) is 2.66. The summed E-state index contributed by atoms with van der Waals surface area (Å²) in [5.41, 5.74) is 0.777. The number of nitrogens with zero attached hydrogens (tertiary/aromatic N) is 1. The zero-order valence-electron chi connectivity index (χ0n) is 11.3. The third-order valence-corrected chi connectivity index (χ3v) is 3.96. The van der Waals surface area contributed by atoms with Crippen LogP contribution in [0.5, 0.6) is 0 Å². The number of carbonyl (C=O) groups is 1. The number of amides is 1. The predicted octanol–water partition coefficient (Wildman–Crippen LogP) is 2.96. The maximum Gasteiger partial charge on any atom is 0.274 e. The van der Waals surface area contributed by atoms with Gasteiger partial charge in [0.2, 0.25) is 0 Å². The van der Waals surface area contributed by atoms with Gasteiger partial charge in [0, 0.05) is 28.2 Å². The number of hydrogen-bond donors (Lipinski definition) is 2. The van der Waals surface area contributed by atoms with E-state index in [4.69, 9.17) is 16.6 Å². The molecule has 0 aliphatic carbocycles. The number of thiocarbonyl (C=S) groups is 1. The third-order valence-electron chi connectivity index (χ3n) is 3.06. The number of hydrogen-bond acceptors (Lipinski definition) is 5. The molecule has 1 fully saturated rings. The number of nitro groups is 1. The lowest BCUT2D eigenvalue weighted by Gasteiger charge is -2.01. The van der Waals surface area contributed by atoms with E-state index < -0.39 is 4.92 Å². The van der Waals surface area contributed by atoms with Crippen LogP contribution in [0.4, 0.5) is 5.69 Å². The standard InChI is InChI=1S/C14H8BrN3O4S/c15-10-3-1-7(18(20)21)5-9(10)12-4-2-8(22-12)6-11-13(19)17-14(23)16-11/h1-6H,(H2,16,17,19,23)/b11-6+. The van der Waals surface area contributed by atoms with E-state index >= 15 is 0 Å². The minimum atomic E-state index is -0.477. The van der Waals surface area contributed by atoms with Gasteiger partial charge in [0.05, 0.1) is 4.92 Å². The first kappa shape index (κ1) is 15.4. The minimum absolute atomic E-state index is 0.0401. The molecule has 0 bridgehead atoms. The topological polar surface area (TPSA) is 97.4 Å². The Balaban J connectivity index is 1.95. The molecule has 9 heteroatoms. The second-order valence-electron chi connectivity index (χ2n) is 4.59. The quantitative estimate of drug-likeness (QED) is 0.360. The van der Waals surface area contributed by atoms with Crippen molar-refractivity contribution in [1.29, 1.82) is 0 Å². The summed E-state index contributed by atoms with van der Waals surface area (Å²) in [7, 11) is 0. The van der Waals surface area contributed by atoms with Crippen molar-refractivity contribution in [3.05, 3.63) is 56.4 Å². The van der Waals surface area contributed by atoms with Crippen LogP contribution in [0.15, 0.2) is 44.9 Å². The summed E-state index contributed by atoms with van der Waals surface area (Å²) in [4.78, 5) is 22.0. The van der Waals surface area contributed by atoms with E-state index in [-0.39, 0.29) is 22.4 Å². The van der Waals surface area contributed by atoms with Crippen LogP contribution in [0.2, 0.25) is 0 Å². The third kappa shape index (κ3) is 3.15. The Kier molecular flexibility index (Phi) is 3.97. The summed E-state index contributed by atoms with van der Waals surface area (Å²) in [6, 6.07) is 7.71. The van der Waals surface area contributed by atoms with Crippen LogP contribution in [0.3, 0.4) is 0 Å². The Hall–Kier alpha value is -2.52. The molecule has 0 atom stereocenters. The molecule has 7 nitrogen and oxygen atoms in total. The van der Waals surface area contributed by atoms with Crippen molar-refractivity contribution in [3.8, 4) is 11.3 Å². The highest BCUT2D eigenvalue weighted by Crippen LogP contribution is 2.33. The van der Waals surface area contributed by atoms with E-state index in [1.165, 1.54) is 18.2 Å². The van der Waals surface area contributed by atoms with Crippen LogP contribution >= 0.6 is 28.1 Å². The van der Waals surface area contributed by atoms with E-state index in [9.17, 15) is 14.9 Å². The van der Waals surface area contributed by atoms with Crippen molar-refractivity contribution in [2.24, 2.45) is 0 Å². The molecule has 1 aromatic heterocycles. The number of rotatable bonds is 3. The van der Waals surface area contributed by atoms with Gasteiger partial charge < -0.3 is 9.73 Å². The molecule has 1 aliphatic rings. The first-order chi connectivity index (χ1) is 10.9. The van der Waals surface area contributed by atoms with Crippen molar-refractivity contribution in [2.45, 2.75) is 0 Å². The Labute approximate surface area is 143 Å². The van der Waals surface area contributed by atoms with Gasteiger partial charge in [-0.3, -0.25) is 20.2 Å². The first-order valence-electron chi connectivity index (χ1n) is 6.32. The number of nitrogens with one attached hydrogen (secondary N) is 2. The number of benzene rings is 1. The predicted molar refractivity (Wildman–Crippen MR) is 90.4 cm³/mol. The lowest BCUT2D eigenvalue weighted by Crippen LogP contribution is -2.21. The van der Waals surface area contributed by atoms with E-state index in [2.05, 4.69) is 26.6 Å². The second kappa shape index (κ2) is 5.94. The van der Waals surface area contributed by atoms with Gasteiger partial charge in [-0.05, 0) is 30.4 Å². The largest absolute Gasteiger partial charge is 0.457 e. The summed E-state index contributed by atoms with van der Waals surface area (Å²) < 4.78 is 6.30. The van der Waals surface area contributed by atoms with Gasteiger partial charge in [-0.2, -0.15) is 0 Å². The summed E-state index contributed by atoms with van der Waals surface area (Å²) in [6.45, 7) is 0. The van der Waals surface area contributed by atoms with Crippen LogP contribution in [-0.2, 0) is 4.79 Å². The Morgan fingerprint density at radius 1 is 1.26 bits per heavy atom. The molecule has 0 radical (unpaired) electrons. The van der Waals surface area contributed by atoms with Gasteiger partial charge in [0.1, 0.15) is 17.2 Å². The Bertz CT molecular complexity index is 875. The van der Waals surface area contributed by atoms with Crippen LogP contribution in [-0.4, -0.2) is 15.9 Å². The maximum atomic E-state index is 11.6. The van der Waals surface area contributed by atoms with Gasteiger partial charge in [0.25, 0.3) is 11.6 Å². The van der Waals surface area contributed by atoms with Crippen LogP contribution in [0, 0.1) is 10.1 Å². The normalized spacial score (nSPS) is 15.6. The molecule has 1 saturated heterocycles. The molecule has 2 N–H and O–H groups in total. The monoisotopic (exact) mass is 393 g/mol. The van der Waals surface area contributed by atoms with Crippen LogP contribution < -0.4 is 10.6 Å². The smallest absolute Gasteiger partial charge is 0.274 e. The minimum Gasteiger partial charge on any atom is -0.457 e. The van der Waals surface area contributed by atoms with Crippen molar-refractivity contribution < 1.29 is 14.1 Å². The lowest BCUT2D eigenvalue weighted by atomic mass is 10.1. The molecule has 1 aromatic carbocycles. The number of halogens is 1. The van der Waals surface area contributed by atoms with Gasteiger partial charge in [-0.15, -0.1) is 0 Å². The summed E-state index contributed by atoms with van der Waals surface area (Å²) in [6.07, 6.45) is 1.50. The molecule has 2 aromatic rings. The molecular weight excluding hydrogens is 386 g/mol. The van der Waals surface area contributed by atoms with Crippen molar-refractivity contribution in [2.75, 3.05) is 0 Å². The maximum absolute atomic E-state index is 11.6. The summed E-state index contributed by atoms with van der Waals surface area (Å²) in [5.74, 6) is 0.513. The molecule has 23 heavy (non-hydrogen) atoms. The average Bonchev–Trinajstić information content (AvgIpc) is 3.06. The van der Waals surface area contributed by atoms with Crippen molar-refractivity contribution >= 4 is 50.9 Å². The summed E-state index contributed by atoms with van der Waals surface area (Å²) >= 11 is 8.18. The highest BCUT2D eigenvalue weighted by atomic mass is 79.9. The zero-order valence-corrected chi connectivity index (χ0v) is 13.7. The van der Waals surface area contributed by atoms with Crippen LogP contribution in [0.1, 0.15) is 5.76 Å². The number of carbonyl (C=O) groups excluding carboxylic acids is 1. The fourth-order valence-electron chi connectivity index (χ4n) is 2.02.